The molecule has 1 aromatic carbocycles. The van der Waals surface area contributed by atoms with Crippen molar-refractivity contribution >= 4 is 35.1 Å². The number of hydrogen-bond donors (Lipinski definition) is 2. The van der Waals surface area contributed by atoms with Crippen LogP contribution in [0.4, 0.5) is 0 Å². The Morgan fingerprint density at radius 2 is 1.75 bits per heavy atom. The number of aliphatic carboxylic acids is 1. The number of carbonyl (C=O) groups excluding carboxylic acids is 1. The van der Waals surface area contributed by atoms with Crippen LogP contribution in [0.25, 0.3) is 0 Å². The fourth-order valence-corrected chi connectivity index (χ4v) is 2.26. The molecule has 0 atom stereocenters. The first-order chi connectivity index (χ1) is 9.50. The number of hydrogen-bond acceptors (Lipinski definition) is 2. The molecule has 0 heterocycles. The highest BCUT2D eigenvalue weighted by Crippen LogP contribution is 2.24. The van der Waals surface area contributed by atoms with E-state index in [0.29, 0.717) is 28.6 Å². The first kappa shape index (κ1) is 16.8. The molecule has 0 aromatic heterocycles. The molecule has 0 bridgehead atoms. The maximum atomic E-state index is 11.7. The predicted molar refractivity (Wildman–Crippen MR) is 79.3 cm³/mol. The molecule has 110 valence electrons. The summed E-state index contributed by atoms with van der Waals surface area (Å²) in [5.74, 6) is -0.930. The minimum Gasteiger partial charge on any atom is -0.481 e. The van der Waals surface area contributed by atoms with Crippen LogP contribution < -0.4 is 5.32 Å². The number of amides is 1. The van der Waals surface area contributed by atoms with Crippen molar-refractivity contribution in [2.75, 3.05) is 6.54 Å². The van der Waals surface area contributed by atoms with Gasteiger partial charge in [-0.1, -0.05) is 35.7 Å². The summed E-state index contributed by atoms with van der Waals surface area (Å²) in [5.41, 5.74) is 0.624. The lowest BCUT2D eigenvalue weighted by Crippen LogP contribution is -2.26. The van der Waals surface area contributed by atoms with Crippen LogP contribution in [0.1, 0.15) is 31.2 Å². The maximum absolute atomic E-state index is 11.7. The van der Waals surface area contributed by atoms with Crippen molar-refractivity contribution in [3.8, 4) is 0 Å². The summed E-state index contributed by atoms with van der Waals surface area (Å²) in [6.07, 6.45) is 2.48. The van der Waals surface area contributed by atoms with E-state index in [9.17, 15) is 9.59 Å². The molecular formula is C14H17Cl2NO3. The zero-order valence-electron chi connectivity index (χ0n) is 11.0. The van der Waals surface area contributed by atoms with Gasteiger partial charge in [0.1, 0.15) is 0 Å². The fourth-order valence-electron chi connectivity index (χ4n) is 1.73. The Morgan fingerprint density at radius 3 is 2.35 bits per heavy atom. The predicted octanol–water partition coefficient (Wildman–Crippen LogP) is 3.30. The Hall–Kier alpha value is -1.26. The second-order valence-electron chi connectivity index (χ2n) is 4.43. The molecule has 2 N–H and O–H groups in total. The Morgan fingerprint density at radius 1 is 1.10 bits per heavy atom. The van der Waals surface area contributed by atoms with Crippen molar-refractivity contribution < 1.29 is 14.7 Å². The lowest BCUT2D eigenvalue weighted by atomic mass is 10.1. The summed E-state index contributed by atoms with van der Waals surface area (Å²) in [4.78, 5) is 22.0. The van der Waals surface area contributed by atoms with Crippen LogP contribution in [0.3, 0.4) is 0 Å². The van der Waals surface area contributed by atoms with Crippen molar-refractivity contribution in [3.05, 3.63) is 33.8 Å². The van der Waals surface area contributed by atoms with Crippen LogP contribution in [0.2, 0.25) is 10.0 Å². The Balaban J connectivity index is 2.25. The number of benzene rings is 1. The van der Waals surface area contributed by atoms with Gasteiger partial charge in [-0.2, -0.15) is 0 Å². The molecule has 0 saturated carbocycles. The molecule has 0 aliphatic heterocycles. The van der Waals surface area contributed by atoms with E-state index in [1.807, 2.05) is 0 Å². The minimum atomic E-state index is -0.789. The largest absolute Gasteiger partial charge is 0.481 e. The van der Waals surface area contributed by atoms with E-state index < -0.39 is 5.97 Å². The van der Waals surface area contributed by atoms with Crippen molar-refractivity contribution in [2.24, 2.45) is 0 Å². The van der Waals surface area contributed by atoms with E-state index in [2.05, 4.69) is 5.32 Å². The van der Waals surface area contributed by atoms with Gasteiger partial charge in [0, 0.05) is 23.0 Å². The summed E-state index contributed by atoms with van der Waals surface area (Å²) in [6, 6.07) is 5.12. The number of halogens is 2. The molecule has 0 aliphatic rings. The van der Waals surface area contributed by atoms with E-state index >= 15 is 0 Å². The zero-order chi connectivity index (χ0) is 15.0. The molecular weight excluding hydrogens is 301 g/mol. The number of carboxylic acid groups (broad SMARTS) is 1. The lowest BCUT2D eigenvalue weighted by molar-refractivity contribution is -0.137. The third-order valence-electron chi connectivity index (χ3n) is 2.79. The molecule has 6 heteroatoms. The number of carbonyl (C=O) groups is 2. The molecule has 20 heavy (non-hydrogen) atoms. The van der Waals surface area contributed by atoms with E-state index in [0.717, 1.165) is 12.8 Å². The molecule has 4 nitrogen and oxygen atoms in total. The van der Waals surface area contributed by atoms with Crippen LogP contribution in [0.15, 0.2) is 18.2 Å². The molecule has 0 aliphatic carbocycles. The van der Waals surface area contributed by atoms with Gasteiger partial charge in [0.2, 0.25) is 5.91 Å². The van der Waals surface area contributed by atoms with Crippen LogP contribution in [0.5, 0.6) is 0 Å². The van der Waals surface area contributed by atoms with Crippen molar-refractivity contribution in [1.82, 2.24) is 5.32 Å². The number of nitrogens with one attached hydrogen (secondary N) is 1. The summed E-state index contributed by atoms with van der Waals surface area (Å²) in [5, 5.41) is 12.2. The van der Waals surface area contributed by atoms with Crippen molar-refractivity contribution in [1.29, 1.82) is 0 Å². The second kappa shape index (κ2) is 8.82. The van der Waals surface area contributed by atoms with Gasteiger partial charge in [0.05, 0.1) is 6.42 Å². The van der Waals surface area contributed by atoms with Crippen molar-refractivity contribution in [3.63, 3.8) is 0 Å². The van der Waals surface area contributed by atoms with Gasteiger partial charge in [-0.15, -0.1) is 0 Å². The SMILES string of the molecule is O=C(O)CCCCCNC(=O)Cc1c(Cl)cccc1Cl. The van der Waals surface area contributed by atoms with Crippen LogP contribution >= 0.6 is 23.2 Å². The van der Waals surface area contributed by atoms with Gasteiger partial charge in [-0.05, 0) is 30.5 Å². The fraction of sp³-hybridized carbons (Fsp3) is 0.429. The highest BCUT2D eigenvalue weighted by atomic mass is 35.5. The van der Waals surface area contributed by atoms with Gasteiger partial charge in [-0.3, -0.25) is 9.59 Å². The molecule has 0 spiro atoms. The van der Waals surface area contributed by atoms with Crippen LogP contribution in [-0.4, -0.2) is 23.5 Å². The summed E-state index contributed by atoms with van der Waals surface area (Å²) < 4.78 is 0. The van der Waals surface area contributed by atoms with Gasteiger partial charge >= 0.3 is 5.97 Å². The average Bonchev–Trinajstić information content (AvgIpc) is 2.38. The summed E-state index contributed by atoms with van der Waals surface area (Å²) in [6.45, 7) is 0.528. The highest BCUT2D eigenvalue weighted by Gasteiger charge is 2.10. The Bertz CT molecular complexity index is 457. The highest BCUT2D eigenvalue weighted by molar-refractivity contribution is 6.36. The summed E-state index contributed by atoms with van der Waals surface area (Å²) in [7, 11) is 0. The molecule has 1 rings (SSSR count). The molecule has 0 saturated heterocycles. The monoisotopic (exact) mass is 317 g/mol. The second-order valence-corrected chi connectivity index (χ2v) is 5.25. The summed E-state index contributed by atoms with van der Waals surface area (Å²) >= 11 is 12.0. The lowest BCUT2D eigenvalue weighted by Gasteiger charge is -2.08. The number of unbranched alkanes of at least 4 members (excludes halogenated alkanes) is 2. The van der Waals surface area contributed by atoms with E-state index in [1.165, 1.54) is 0 Å². The van der Waals surface area contributed by atoms with Crippen molar-refractivity contribution in [2.45, 2.75) is 32.1 Å². The number of carboxylic acids is 1. The quantitative estimate of drug-likeness (QED) is 0.723. The van der Waals surface area contributed by atoms with E-state index in [1.54, 1.807) is 18.2 Å². The van der Waals surface area contributed by atoms with Crippen LogP contribution in [-0.2, 0) is 16.0 Å². The molecule has 1 aromatic rings. The van der Waals surface area contributed by atoms with Gasteiger partial charge in [0.25, 0.3) is 0 Å². The minimum absolute atomic E-state index is 0.141. The molecule has 0 radical (unpaired) electrons. The van der Waals surface area contributed by atoms with Gasteiger partial charge in [0.15, 0.2) is 0 Å². The van der Waals surface area contributed by atoms with Crippen LogP contribution in [0, 0.1) is 0 Å². The smallest absolute Gasteiger partial charge is 0.303 e. The molecule has 0 fully saturated rings. The third-order valence-corrected chi connectivity index (χ3v) is 3.50. The first-order valence-electron chi connectivity index (χ1n) is 6.42. The molecule has 0 unspecified atom stereocenters. The first-order valence-corrected chi connectivity index (χ1v) is 7.17. The normalized spacial score (nSPS) is 10.3. The van der Waals surface area contributed by atoms with E-state index in [4.69, 9.17) is 28.3 Å². The standard InChI is InChI=1S/C14H17Cl2NO3/c15-11-5-4-6-12(16)10(11)9-13(18)17-8-3-1-2-7-14(19)20/h4-6H,1-3,7-9H2,(H,17,18)(H,19,20). The third kappa shape index (κ3) is 6.26. The number of rotatable bonds is 8. The zero-order valence-corrected chi connectivity index (χ0v) is 12.5. The topological polar surface area (TPSA) is 66.4 Å². The molecule has 1 amide bonds. The average molecular weight is 318 g/mol. The van der Waals surface area contributed by atoms with Gasteiger partial charge in [-0.25, -0.2) is 0 Å². The Kier molecular flexibility index (Phi) is 7.41. The maximum Gasteiger partial charge on any atom is 0.303 e. The van der Waals surface area contributed by atoms with E-state index in [-0.39, 0.29) is 18.7 Å². The Labute approximate surface area is 128 Å². The van der Waals surface area contributed by atoms with Gasteiger partial charge < -0.3 is 10.4 Å².